The molecule has 0 saturated carbocycles. The molecule has 0 bridgehead atoms. The highest BCUT2D eigenvalue weighted by atomic mass is 31.2. The molecular formula is C49H86NO8P. The van der Waals surface area contributed by atoms with Crippen LogP contribution < -0.4 is 0 Å². The van der Waals surface area contributed by atoms with Gasteiger partial charge in [0.15, 0.2) is 6.10 Å². The van der Waals surface area contributed by atoms with E-state index in [9.17, 15) is 19.0 Å². The molecule has 0 heterocycles. The molecule has 0 aliphatic carbocycles. The van der Waals surface area contributed by atoms with Gasteiger partial charge in [-0.25, -0.2) is 4.57 Å². The van der Waals surface area contributed by atoms with E-state index in [0.29, 0.717) is 19.4 Å². The van der Waals surface area contributed by atoms with Gasteiger partial charge in [-0.05, 0) is 91.1 Å². The maximum Gasteiger partial charge on any atom is 0.472 e. The Morgan fingerprint density at radius 3 is 1.47 bits per heavy atom. The van der Waals surface area contributed by atoms with Gasteiger partial charge >= 0.3 is 19.8 Å². The molecule has 0 aromatic heterocycles. The first-order chi connectivity index (χ1) is 28.7. The van der Waals surface area contributed by atoms with Crippen LogP contribution in [0.1, 0.15) is 181 Å². The largest absolute Gasteiger partial charge is 0.472 e. The highest BCUT2D eigenvalue weighted by Gasteiger charge is 2.26. The Balaban J connectivity index is 4.39. The Labute approximate surface area is 361 Å². The summed E-state index contributed by atoms with van der Waals surface area (Å²) in [4.78, 5) is 37.0. The lowest BCUT2D eigenvalue weighted by Gasteiger charge is -2.20. The minimum Gasteiger partial charge on any atom is -0.462 e. The van der Waals surface area contributed by atoms with Crippen molar-refractivity contribution in [1.29, 1.82) is 0 Å². The second kappa shape index (κ2) is 43.5. The van der Waals surface area contributed by atoms with Gasteiger partial charge < -0.3 is 19.3 Å². The van der Waals surface area contributed by atoms with Gasteiger partial charge in [-0.3, -0.25) is 18.6 Å². The number of carbonyl (C=O) groups excluding carboxylic acids is 2. The molecule has 0 aromatic rings. The van der Waals surface area contributed by atoms with Crippen molar-refractivity contribution in [3.8, 4) is 0 Å². The molecule has 2 atom stereocenters. The predicted molar refractivity (Wildman–Crippen MR) is 247 cm³/mol. The van der Waals surface area contributed by atoms with E-state index in [1.54, 1.807) is 0 Å². The van der Waals surface area contributed by atoms with Crippen molar-refractivity contribution in [2.45, 2.75) is 187 Å². The number of unbranched alkanes of at least 4 members (excludes halogenated alkanes) is 16. The average molecular weight is 848 g/mol. The lowest BCUT2D eigenvalue weighted by atomic mass is 10.1. The van der Waals surface area contributed by atoms with Crippen molar-refractivity contribution in [3.05, 3.63) is 72.9 Å². The standard InChI is InChI=1S/C49H86NO8P/c1-5-7-9-11-13-15-17-19-21-23-24-26-27-29-31-33-35-37-39-41-48(51)55-45-47(46-57-59(53,54)56-44-43-50(3)4)58-49(52)42-40-38-36-34-32-30-28-25-22-20-18-16-14-12-10-8-6-2/h13,15,19-22,24,26,29,31,35,37,47H,5-12,14,16-18,23,25,27-28,30,32-34,36,38-46H2,1-4H3,(H,53,54)/b15-13-,21-19-,22-20-,26-24-,31-29-,37-35-. The molecule has 59 heavy (non-hydrogen) atoms. The third-order valence-electron chi connectivity index (χ3n) is 9.50. The van der Waals surface area contributed by atoms with Gasteiger partial charge in [0.25, 0.3) is 0 Å². The van der Waals surface area contributed by atoms with Gasteiger partial charge in [-0.1, -0.05) is 164 Å². The number of esters is 2. The van der Waals surface area contributed by atoms with Crippen molar-refractivity contribution in [3.63, 3.8) is 0 Å². The topological polar surface area (TPSA) is 112 Å². The summed E-state index contributed by atoms with van der Waals surface area (Å²) in [6, 6.07) is 0. The Hall–Kier alpha value is -2.55. The molecule has 0 rings (SSSR count). The SMILES string of the molecule is CCCCC/C=C\C/C=C\C/C=C\C/C=C\C/C=C\CCC(=O)OCC(COP(=O)(O)OCCN(C)C)OC(=O)CCCCCCCCC/C=C\CCCCCCCC. The minimum absolute atomic E-state index is 0.00743. The molecule has 0 radical (unpaired) electrons. The van der Waals surface area contributed by atoms with Crippen molar-refractivity contribution in [1.82, 2.24) is 4.90 Å². The van der Waals surface area contributed by atoms with E-state index in [2.05, 4.69) is 74.6 Å². The Kier molecular flexibility index (Phi) is 41.7. The first-order valence-corrected chi connectivity index (χ1v) is 24.7. The van der Waals surface area contributed by atoms with Crippen LogP contribution in [0.3, 0.4) is 0 Å². The van der Waals surface area contributed by atoms with Crippen molar-refractivity contribution in [2.75, 3.05) is 40.5 Å². The van der Waals surface area contributed by atoms with Crippen LogP contribution in [-0.4, -0.2) is 68.3 Å². The van der Waals surface area contributed by atoms with Gasteiger partial charge in [-0.15, -0.1) is 0 Å². The summed E-state index contributed by atoms with van der Waals surface area (Å²) in [6.45, 7) is 4.20. The molecule has 0 fully saturated rings. The number of carbonyl (C=O) groups is 2. The van der Waals surface area contributed by atoms with Crippen LogP contribution in [0.5, 0.6) is 0 Å². The van der Waals surface area contributed by atoms with Gasteiger partial charge in [0, 0.05) is 19.4 Å². The fraction of sp³-hybridized carbons (Fsp3) is 0.714. The number of phosphoric ester groups is 1. The molecule has 0 aliphatic rings. The summed E-state index contributed by atoms with van der Waals surface area (Å²) in [5.41, 5.74) is 0. The monoisotopic (exact) mass is 848 g/mol. The number of allylic oxidation sites excluding steroid dienone is 12. The lowest BCUT2D eigenvalue weighted by molar-refractivity contribution is -0.161. The fourth-order valence-electron chi connectivity index (χ4n) is 5.90. The average Bonchev–Trinajstić information content (AvgIpc) is 3.20. The second-order valence-electron chi connectivity index (χ2n) is 15.6. The van der Waals surface area contributed by atoms with Gasteiger partial charge in [0.1, 0.15) is 6.61 Å². The van der Waals surface area contributed by atoms with E-state index in [0.717, 1.165) is 51.4 Å². The molecular weight excluding hydrogens is 762 g/mol. The van der Waals surface area contributed by atoms with E-state index in [-0.39, 0.29) is 26.1 Å². The summed E-state index contributed by atoms with van der Waals surface area (Å²) in [6.07, 6.45) is 52.5. The van der Waals surface area contributed by atoms with Gasteiger partial charge in [0.05, 0.1) is 13.2 Å². The normalized spacial score (nSPS) is 14.0. The minimum atomic E-state index is -4.38. The zero-order valence-electron chi connectivity index (χ0n) is 37.9. The number of ether oxygens (including phenoxy) is 2. The van der Waals surface area contributed by atoms with Crippen LogP contribution in [-0.2, 0) is 32.7 Å². The molecule has 0 aromatic carbocycles. The van der Waals surface area contributed by atoms with Gasteiger partial charge in [-0.2, -0.15) is 0 Å². The summed E-state index contributed by atoms with van der Waals surface area (Å²) >= 11 is 0. The Bertz CT molecular complexity index is 1210. The van der Waals surface area contributed by atoms with Crippen molar-refractivity contribution >= 4 is 19.8 Å². The van der Waals surface area contributed by atoms with Crippen LogP contribution in [0.2, 0.25) is 0 Å². The molecule has 0 spiro atoms. The quantitative estimate of drug-likeness (QED) is 0.0278. The third-order valence-corrected chi connectivity index (χ3v) is 10.5. The molecule has 0 aliphatic heterocycles. The van der Waals surface area contributed by atoms with E-state index in [1.165, 1.54) is 89.9 Å². The predicted octanol–water partition coefficient (Wildman–Crippen LogP) is 13.7. The lowest BCUT2D eigenvalue weighted by Crippen LogP contribution is -2.29. The first kappa shape index (κ1) is 56.5. The third kappa shape index (κ3) is 44.8. The number of nitrogens with zero attached hydrogens (tertiary/aromatic N) is 1. The first-order valence-electron chi connectivity index (χ1n) is 23.2. The maximum atomic E-state index is 12.7. The molecule has 2 unspecified atom stereocenters. The Morgan fingerprint density at radius 1 is 0.525 bits per heavy atom. The van der Waals surface area contributed by atoms with Crippen molar-refractivity contribution in [2.24, 2.45) is 0 Å². The highest BCUT2D eigenvalue weighted by molar-refractivity contribution is 7.47. The summed E-state index contributed by atoms with van der Waals surface area (Å²) < 4.78 is 33.4. The van der Waals surface area contributed by atoms with Crippen LogP contribution >= 0.6 is 7.82 Å². The van der Waals surface area contributed by atoms with E-state index >= 15 is 0 Å². The van der Waals surface area contributed by atoms with E-state index in [1.807, 2.05) is 31.1 Å². The molecule has 0 amide bonds. The molecule has 1 N–H and O–H groups in total. The number of likely N-dealkylation sites (N-methyl/N-ethyl adjacent to an activating group) is 1. The molecule has 9 nitrogen and oxygen atoms in total. The number of phosphoric acid groups is 1. The number of hydrogen-bond donors (Lipinski definition) is 1. The fourth-order valence-corrected chi connectivity index (χ4v) is 6.64. The zero-order valence-corrected chi connectivity index (χ0v) is 38.8. The molecule has 10 heteroatoms. The summed E-state index contributed by atoms with van der Waals surface area (Å²) in [5.74, 6) is -0.907. The number of rotatable bonds is 42. The maximum absolute atomic E-state index is 12.7. The van der Waals surface area contributed by atoms with Crippen LogP contribution in [0, 0.1) is 0 Å². The van der Waals surface area contributed by atoms with Crippen LogP contribution in [0.15, 0.2) is 72.9 Å². The Morgan fingerprint density at radius 2 is 0.949 bits per heavy atom. The molecule has 340 valence electrons. The smallest absolute Gasteiger partial charge is 0.462 e. The van der Waals surface area contributed by atoms with Crippen LogP contribution in [0.4, 0.5) is 0 Å². The highest BCUT2D eigenvalue weighted by Crippen LogP contribution is 2.43. The molecule has 0 saturated heterocycles. The number of hydrogen-bond acceptors (Lipinski definition) is 8. The van der Waals surface area contributed by atoms with E-state index in [4.69, 9.17) is 18.5 Å². The van der Waals surface area contributed by atoms with E-state index < -0.39 is 32.5 Å². The van der Waals surface area contributed by atoms with Crippen molar-refractivity contribution < 1.29 is 37.6 Å². The summed E-state index contributed by atoms with van der Waals surface area (Å²) in [5, 5.41) is 0. The zero-order chi connectivity index (χ0) is 43.3. The second-order valence-corrected chi connectivity index (χ2v) is 17.0. The van der Waals surface area contributed by atoms with Gasteiger partial charge in [0.2, 0.25) is 0 Å². The summed E-state index contributed by atoms with van der Waals surface area (Å²) in [7, 11) is -0.751. The van der Waals surface area contributed by atoms with Crippen LogP contribution in [0.25, 0.3) is 0 Å².